The summed E-state index contributed by atoms with van der Waals surface area (Å²) >= 11 is 5.36. The molecule has 2 unspecified atom stereocenters. The van der Waals surface area contributed by atoms with E-state index in [0.717, 1.165) is 32.4 Å². The third kappa shape index (κ3) is 3.79. The fraction of sp³-hybridized carbons (Fsp3) is 0.714. The van der Waals surface area contributed by atoms with Gasteiger partial charge in [0.2, 0.25) is 0 Å². The van der Waals surface area contributed by atoms with E-state index < -0.39 is 0 Å². The van der Waals surface area contributed by atoms with Crippen LogP contribution in [-0.2, 0) is 4.74 Å². The summed E-state index contributed by atoms with van der Waals surface area (Å²) in [5.41, 5.74) is 6.37. The zero-order valence-corrected chi connectivity index (χ0v) is 14.0. The Morgan fingerprint density at radius 1 is 1.47 bits per heavy atom. The summed E-state index contributed by atoms with van der Waals surface area (Å²) in [5, 5.41) is 0. The van der Waals surface area contributed by atoms with Crippen molar-refractivity contribution in [2.45, 2.75) is 44.4 Å². The fourth-order valence-corrected chi connectivity index (χ4v) is 4.40. The maximum atomic E-state index is 6.37. The minimum atomic E-state index is 0.199. The molecule has 0 aliphatic carbocycles. The summed E-state index contributed by atoms with van der Waals surface area (Å²) in [5.74, 6) is 0. The van der Waals surface area contributed by atoms with Gasteiger partial charge in [-0.25, -0.2) is 0 Å². The molecule has 0 bridgehead atoms. The van der Waals surface area contributed by atoms with Crippen molar-refractivity contribution in [1.82, 2.24) is 4.90 Å². The highest BCUT2D eigenvalue weighted by atomic mass is 79.9. The number of nitrogens with two attached hydrogens (primary N) is 1. The van der Waals surface area contributed by atoms with Crippen LogP contribution in [0.4, 0.5) is 0 Å². The Hall–Kier alpha value is 0.0600. The number of likely N-dealkylation sites (tertiary alicyclic amines) is 1. The van der Waals surface area contributed by atoms with Crippen molar-refractivity contribution in [2.24, 2.45) is 5.73 Å². The molecular formula is C14H23BrN2OS. The average Bonchev–Trinajstić information content (AvgIpc) is 2.86. The Balaban J connectivity index is 2.10. The van der Waals surface area contributed by atoms with Crippen LogP contribution in [0.25, 0.3) is 0 Å². The molecule has 19 heavy (non-hydrogen) atoms. The summed E-state index contributed by atoms with van der Waals surface area (Å²) < 4.78 is 6.64. The number of hydrogen-bond acceptors (Lipinski definition) is 4. The van der Waals surface area contributed by atoms with E-state index in [4.69, 9.17) is 10.5 Å². The minimum Gasteiger partial charge on any atom is -0.381 e. The highest BCUT2D eigenvalue weighted by Gasteiger charge is 2.30. The van der Waals surface area contributed by atoms with Crippen molar-refractivity contribution < 1.29 is 4.74 Å². The molecule has 0 amide bonds. The molecule has 5 heteroatoms. The number of rotatable bonds is 5. The van der Waals surface area contributed by atoms with Crippen molar-refractivity contribution in [3.05, 3.63) is 20.8 Å². The van der Waals surface area contributed by atoms with Gasteiger partial charge in [0, 0.05) is 31.1 Å². The van der Waals surface area contributed by atoms with Crippen molar-refractivity contribution in [1.29, 1.82) is 0 Å². The van der Waals surface area contributed by atoms with Gasteiger partial charge in [-0.05, 0) is 47.3 Å². The second-order valence-corrected chi connectivity index (χ2v) is 7.62. The van der Waals surface area contributed by atoms with Crippen LogP contribution in [-0.4, -0.2) is 37.2 Å². The Kier molecular flexibility index (Phi) is 5.84. The molecule has 1 aliphatic heterocycles. The largest absolute Gasteiger partial charge is 0.381 e. The predicted octanol–water partition coefficient (Wildman–Crippen LogP) is 3.40. The summed E-state index contributed by atoms with van der Waals surface area (Å²) in [6, 6.07) is 4.87. The number of ether oxygens (including phenoxy) is 1. The Labute approximate surface area is 128 Å². The molecule has 0 spiro atoms. The molecule has 2 heterocycles. The zero-order valence-electron chi connectivity index (χ0n) is 11.6. The first-order valence-electron chi connectivity index (χ1n) is 6.93. The molecule has 108 valence electrons. The lowest BCUT2D eigenvalue weighted by Crippen LogP contribution is -2.45. The Morgan fingerprint density at radius 3 is 2.63 bits per heavy atom. The van der Waals surface area contributed by atoms with Gasteiger partial charge in [-0.2, -0.15) is 0 Å². The maximum Gasteiger partial charge on any atom is 0.0702 e. The van der Waals surface area contributed by atoms with Crippen LogP contribution >= 0.6 is 27.3 Å². The van der Waals surface area contributed by atoms with E-state index in [0.29, 0.717) is 12.1 Å². The van der Waals surface area contributed by atoms with Crippen LogP contribution < -0.4 is 5.73 Å². The summed E-state index contributed by atoms with van der Waals surface area (Å²) in [6.07, 6.45) is 3.64. The SMILES string of the molecule is CCC(N)C(c1ccc(Br)s1)N1CCC(OC)CC1. The second-order valence-electron chi connectivity index (χ2n) is 5.13. The van der Waals surface area contributed by atoms with E-state index in [9.17, 15) is 0 Å². The molecule has 1 saturated heterocycles. The maximum absolute atomic E-state index is 6.37. The lowest BCUT2D eigenvalue weighted by molar-refractivity contribution is 0.0229. The molecule has 2 rings (SSSR count). The highest BCUT2D eigenvalue weighted by Crippen LogP contribution is 2.34. The van der Waals surface area contributed by atoms with Crippen LogP contribution in [0.1, 0.15) is 37.1 Å². The molecule has 1 fully saturated rings. The van der Waals surface area contributed by atoms with Gasteiger partial charge in [-0.1, -0.05) is 6.92 Å². The van der Waals surface area contributed by atoms with E-state index in [1.807, 2.05) is 7.11 Å². The average molecular weight is 347 g/mol. The predicted molar refractivity (Wildman–Crippen MR) is 84.6 cm³/mol. The Bertz CT molecular complexity index is 391. The number of nitrogens with zero attached hydrogens (tertiary/aromatic N) is 1. The lowest BCUT2D eigenvalue weighted by Gasteiger charge is -2.39. The number of piperidine rings is 1. The van der Waals surface area contributed by atoms with Gasteiger partial charge in [0.1, 0.15) is 0 Å². The molecular weight excluding hydrogens is 324 g/mol. The number of methoxy groups -OCH3 is 1. The first-order valence-corrected chi connectivity index (χ1v) is 8.54. The lowest BCUT2D eigenvalue weighted by atomic mass is 9.99. The topological polar surface area (TPSA) is 38.5 Å². The van der Waals surface area contributed by atoms with Crippen LogP contribution in [0.5, 0.6) is 0 Å². The van der Waals surface area contributed by atoms with E-state index >= 15 is 0 Å². The molecule has 0 aromatic carbocycles. The molecule has 1 aromatic rings. The molecule has 0 saturated carbocycles. The van der Waals surface area contributed by atoms with E-state index in [2.05, 4.69) is 39.9 Å². The third-order valence-corrected chi connectivity index (χ3v) is 5.66. The normalized spacial score (nSPS) is 21.5. The van der Waals surface area contributed by atoms with Gasteiger partial charge in [0.15, 0.2) is 0 Å². The van der Waals surface area contributed by atoms with Crippen LogP contribution in [0.2, 0.25) is 0 Å². The van der Waals surface area contributed by atoms with Gasteiger partial charge >= 0.3 is 0 Å². The second kappa shape index (κ2) is 7.18. The van der Waals surface area contributed by atoms with Gasteiger partial charge in [-0.15, -0.1) is 11.3 Å². The molecule has 0 radical (unpaired) electrons. The minimum absolute atomic E-state index is 0.199. The highest BCUT2D eigenvalue weighted by molar-refractivity contribution is 9.11. The molecule has 2 N–H and O–H groups in total. The van der Waals surface area contributed by atoms with Crippen molar-refractivity contribution in [3.63, 3.8) is 0 Å². The van der Waals surface area contributed by atoms with E-state index in [-0.39, 0.29) is 6.04 Å². The summed E-state index contributed by atoms with van der Waals surface area (Å²) in [4.78, 5) is 3.90. The quantitative estimate of drug-likeness (QED) is 0.887. The van der Waals surface area contributed by atoms with Gasteiger partial charge in [0.25, 0.3) is 0 Å². The molecule has 2 atom stereocenters. The molecule has 3 nitrogen and oxygen atoms in total. The Morgan fingerprint density at radius 2 is 2.16 bits per heavy atom. The zero-order chi connectivity index (χ0) is 13.8. The van der Waals surface area contributed by atoms with Crippen LogP contribution in [0, 0.1) is 0 Å². The van der Waals surface area contributed by atoms with Crippen LogP contribution in [0.15, 0.2) is 15.9 Å². The number of thiophene rings is 1. The first-order chi connectivity index (χ1) is 9.15. The third-order valence-electron chi connectivity index (χ3n) is 3.97. The first kappa shape index (κ1) is 15.4. The molecule has 1 aliphatic rings. The number of hydrogen-bond donors (Lipinski definition) is 1. The summed E-state index contributed by atoms with van der Waals surface area (Å²) in [7, 11) is 1.81. The monoisotopic (exact) mass is 346 g/mol. The van der Waals surface area contributed by atoms with Gasteiger partial charge in [-0.3, -0.25) is 4.90 Å². The van der Waals surface area contributed by atoms with Gasteiger partial charge < -0.3 is 10.5 Å². The van der Waals surface area contributed by atoms with E-state index in [1.54, 1.807) is 11.3 Å². The van der Waals surface area contributed by atoms with Crippen molar-refractivity contribution in [2.75, 3.05) is 20.2 Å². The molecule has 1 aromatic heterocycles. The fourth-order valence-electron chi connectivity index (χ4n) is 2.76. The standard InChI is InChI=1S/C14H23BrN2OS/c1-3-11(16)14(12-4-5-13(15)19-12)17-8-6-10(18-2)7-9-17/h4-5,10-11,14H,3,6-9,16H2,1-2H3. The van der Waals surface area contributed by atoms with E-state index in [1.165, 1.54) is 8.66 Å². The summed E-state index contributed by atoms with van der Waals surface area (Å²) in [6.45, 7) is 4.32. The smallest absolute Gasteiger partial charge is 0.0702 e. The van der Waals surface area contributed by atoms with Crippen molar-refractivity contribution >= 4 is 27.3 Å². The van der Waals surface area contributed by atoms with Crippen molar-refractivity contribution in [3.8, 4) is 0 Å². The van der Waals surface area contributed by atoms with Crippen LogP contribution in [0.3, 0.4) is 0 Å². The van der Waals surface area contributed by atoms with Gasteiger partial charge in [0.05, 0.1) is 15.9 Å². The number of halogens is 1.